The zero-order valence-corrected chi connectivity index (χ0v) is 19.4. The standard InChI is InChI=1S/C27H35N3O2/c1-3-23-9-7-12-25-26(22(2)31)21-30(27(23)25)14-8-13-28-15-17-29(18-16-28)19-20-32-24-10-5-4-6-11-24/h4-7,9-12,21H,3,8,13-20H2,1-2H3. The molecule has 1 aliphatic heterocycles. The molecule has 2 heterocycles. The minimum absolute atomic E-state index is 0.148. The Balaban J connectivity index is 1.24. The van der Waals surface area contributed by atoms with E-state index in [0.717, 1.165) is 82.0 Å². The maximum atomic E-state index is 12.1. The predicted molar refractivity (Wildman–Crippen MR) is 131 cm³/mol. The second-order valence-electron chi connectivity index (χ2n) is 8.66. The number of ether oxygens (including phenoxy) is 1. The van der Waals surface area contributed by atoms with Gasteiger partial charge in [-0.2, -0.15) is 0 Å². The van der Waals surface area contributed by atoms with E-state index in [0.29, 0.717) is 0 Å². The quantitative estimate of drug-likeness (QED) is 0.442. The van der Waals surface area contributed by atoms with Gasteiger partial charge in [0.1, 0.15) is 12.4 Å². The summed E-state index contributed by atoms with van der Waals surface area (Å²) in [6, 6.07) is 16.4. The number of fused-ring (bicyclic) bond motifs is 1. The number of para-hydroxylation sites is 2. The SMILES string of the molecule is CCc1cccc2c(C(C)=O)cn(CCCN3CCN(CCOc4ccccc4)CC3)c12. The lowest BCUT2D eigenvalue weighted by atomic mass is 10.1. The Hall–Kier alpha value is -2.63. The summed E-state index contributed by atoms with van der Waals surface area (Å²) in [5.41, 5.74) is 3.41. The fraction of sp³-hybridized carbons (Fsp3) is 0.444. The van der Waals surface area contributed by atoms with Gasteiger partial charge in [-0.3, -0.25) is 9.69 Å². The number of aromatic nitrogens is 1. The molecular weight excluding hydrogens is 398 g/mol. The zero-order valence-electron chi connectivity index (χ0n) is 19.4. The van der Waals surface area contributed by atoms with Crippen LogP contribution in [0.5, 0.6) is 5.75 Å². The molecular formula is C27H35N3O2. The largest absolute Gasteiger partial charge is 0.492 e. The van der Waals surface area contributed by atoms with Crippen LogP contribution in [0, 0.1) is 0 Å². The van der Waals surface area contributed by atoms with E-state index in [4.69, 9.17) is 4.74 Å². The molecule has 1 saturated heterocycles. The van der Waals surface area contributed by atoms with Crippen molar-refractivity contribution in [2.75, 3.05) is 45.9 Å². The molecule has 0 bridgehead atoms. The Bertz CT molecular complexity index is 1020. The third-order valence-electron chi connectivity index (χ3n) is 6.50. The molecule has 170 valence electrons. The highest BCUT2D eigenvalue weighted by Crippen LogP contribution is 2.26. The van der Waals surface area contributed by atoms with Crippen molar-refractivity contribution in [2.24, 2.45) is 0 Å². The number of hydrogen-bond donors (Lipinski definition) is 0. The Morgan fingerprint density at radius 2 is 1.62 bits per heavy atom. The van der Waals surface area contributed by atoms with Gasteiger partial charge in [0.2, 0.25) is 0 Å². The molecule has 5 heteroatoms. The second kappa shape index (κ2) is 10.8. The summed E-state index contributed by atoms with van der Waals surface area (Å²) in [5.74, 6) is 1.09. The minimum Gasteiger partial charge on any atom is -0.492 e. The van der Waals surface area contributed by atoms with Gasteiger partial charge in [-0.25, -0.2) is 0 Å². The number of hydrogen-bond acceptors (Lipinski definition) is 4. The Morgan fingerprint density at radius 1 is 0.906 bits per heavy atom. The van der Waals surface area contributed by atoms with E-state index < -0.39 is 0 Å². The third-order valence-corrected chi connectivity index (χ3v) is 6.50. The molecule has 0 atom stereocenters. The molecule has 2 aromatic carbocycles. The summed E-state index contributed by atoms with van der Waals surface area (Å²) in [6.07, 6.45) is 4.14. The average molecular weight is 434 g/mol. The second-order valence-corrected chi connectivity index (χ2v) is 8.66. The molecule has 5 nitrogen and oxygen atoms in total. The lowest BCUT2D eigenvalue weighted by Gasteiger charge is -2.34. The van der Waals surface area contributed by atoms with Crippen LogP contribution in [0.1, 0.15) is 36.2 Å². The van der Waals surface area contributed by atoms with Gasteiger partial charge in [0.25, 0.3) is 0 Å². The van der Waals surface area contributed by atoms with Crippen molar-refractivity contribution in [3.05, 3.63) is 65.9 Å². The topological polar surface area (TPSA) is 37.7 Å². The van der Waals surface area contributed by atoms with E-state index in [2.05, 4.69) is 45.7 Å². The van der Waals surface area contributed by atoms with Crippen LogP contribution in [0.25, 0.3) is 10.9 Å². The molecule has 32 heavy (non-hydrogen) atoms. The molecule has 0 saturated carbocycles. The van der Waals surface area contributed by atoms with Gasteiger partial charge < -0.3 is 14.2 Å². The summed E-state index contributed by atoms with van der Waals surface area (Å²) >= 11 is 0. The molecule has 1 aromatic heterocycles. The molecule has 1 fully saturated rings. The van der Waals surface area contributed by atoms with E-state index in [1.165, 1.54) is 11.1 Å². The number of nitrogens with zero attached hydrogens (tertiary/aromatic N) is 3. The average Bonchev–Trinajstić information content (AvgIpc) is 3.20. The zero-order chi connectivity index (χ0) is 22.3. The molecule has 0 amide bonds. The van der Waals surface area contributed by atoms with E-state index in [1.807, 2.05) is 30.3 Å². The maximum Gasteiger partial charge on any atom is 0.161 e. The van der Waals surface area contributed by atoms with Crippen LogP contribution in [-0.2, 0) is 13.0 Å². The fourth-order valence-corrected chi connectivity index (χ4v) is 4.69. The smallest absolute Gasteiger partial charge is 0.161 e. The number of carbonyl (C=O) groups is 1. The van der Waals surface area contributed by atoms with Gasteiger partial charge in [0.05, 0.1) is 5.52 Å². The van der Waals surface area contributed by atoms with Crippen LogP contribution >= 0.6 is 0 Å². The minimum atomic E-state index is 0.148. The molecule has 0 spiro atoms. The van der Waals surface area contributed by atoms with Crippen LogP contribution in [0.4, 0.5) is 0 Å². The predicted octanol–water partition coefficient (Wildman–Crippen LogP) is 4.49. The molecule has 3 aromatic rings. The highest BCUT2D eigenvalue weighted by Gasteiger charge is 2.17. The number of rotatable bonds is 10. The van der Waals surface area contributed by atoms with Crippen molar-refractivity contribution in [2.45, 2.75) is 33.2 Å². The number of aryl methyl sites for hydroxylation is 2. The maximum absolute atomic E-state index is 12.1. The lowest BCUT2D eigenvalue weighted by Crippen LogP contribution is -2.47. The normalized spacial score (nSPS) is 15.3. The van der Waals surface area contributed by atoms with Crippen LogP contribution in [0.2, 0.25) is 0 Å². The van der Waals surface area contributed by atoms with Gasteiger partial charge in [0, 0.05) is 56.4 Å². The number of benzene rings is 2. The highest BCUT2D eigenvalue weighted by atomic mass is 16.5. The van der Waals surface area contributed by atoms with E-state index in [-0.39, 0.29) is 5.78 Å². The van der Waals surface area contributed by atoms with Gasteiger partial charge in [0.15, 0.2) is 5.78 Å². The molecule has 0 N–H and O–H groups in total. The highest BCUT2D eigenvalue weighted by molar-refractivity contribution is 6.07. The first-order valence-corrected chi connectivity index (χ1v) is 11.9. The van der Waals surface area contributed by atoms with Crippen molar-refractivity contribution >= 4 is 16.7 Å². The summed E-state index contributed by atoms with van der Waals surface area (Å²) in [5, 5.41) is 1.10. The summed E-state index contributed by atoms with van der Waals surface area (Å²) < 4.78 is 8.15. The number of piperazine rings is 1. The Labute approximate surface area is 191 Å². The van der Waals surface area contributed by atoms with Gasteiger partial charge >= 0.3 is 0 Å². The summed E-state index contributed by atoms with van der Waals surface area (Å²) in [6.45, 7) is 12.0. The Kier molecular flexibility index (Phi) is 7.61. The first-order chi connectivity index (χ1) is 15.7. The first-order valence-electron chi connectivity index (χ1n) is 11.9. The van der Waals surface area contributed by atoms with Crippen molar-refractivity contribution in [3.8, 4) is 5.75 Å². The fourth-order valence-electron chi connectivity index (χ4n) is 4.69. The van der Waals surface area contributed by atoms with Crippen molar-refractivity contribution in [3.63, 3.8) is 0 Å². The third kappa shape index (κ3) is 5.40. The van der Waals surface area contributed by atoms with Crippen LogP contribution in [-0.4, -0.2) is 66.0 Å². The van der Waals surface area contributed by atoms with Crippen molar-refractivity contribution < 1.29 is 9.53 Å². The Morgan fingerprint density at radius 3 is 2.31 bits per heavy atom. The molecule has 1 aliphatic rings. The van der Waals surface area contributed by atoms with Crippen LogP contribution < -0.4 is 4.74 Å². The number of Topliss-reactive ketones (excluding diaryl/α,β-unsaturated/α-hetero) is 1. The summed E-state index contributed by atoms with van der Waals surface area (Å²) in [7, 11) is 0. The first kappa shape index (κ1) is 22.6. The number of ketones is 1. The van der Waals surface area contributed by atoms with Crippen molar-refractivity contribution in [1.29, 1.82) is 0 Å². The molecule has 4 rings (SSSR count). The molecule has 0 aliphatic carbocycles. The van der Waals surface area contributed by atoms with Crippen molar-refractivity contribution in [1.82, 2.24) is 14.4 Å². The van der Waals surface area contributed by atoms with Crippen LogP contribution in [0.3, 0.4) is 0 Å². The van der Waals surface area contributed by atoms with Gasteiger partial charge in [-0.15, -0.1) is 0 Å². The molecule has 0 radical (unpaired) electrons. The summed E-state index contributed by atoms with van der Waals surface area (Å²) in [4.78, 5) is 17.2. The van der Waals surface area contributed by atoms with Gasteiger partial charge in [-0.1, -0.05) is 43.3 Å². The monoisotopic (exact) mass is 433 g/mol. The molecule has 0 unspecified atom stereocenters. The van der Waals surface area contributed by atoms with E-state index >= 15 is 0 Å². The van der Waals surface area contributed by atoms with E-state index in [9.17, 15) is 4.79 Å². The number of carbonyl (C=O) groups excluding carboxylic acids is 1. The van der Waals surface area contributed by atoms with Crippen LogP contribution in [0.15, 0.2) is 54.7 Å². The lowest BCUT2D eigenvalue weighted by molar-refractivity contribution is 0.101. The van der Waals surface area contributed by atoms with Gasteiger partial charge in [-0.05, 0) is 44.0 Å². The van der Waals surface area contributed by atoms with E-state index in [1.54, 1.807) is 6.92 Å².